The fourth-order valence-corrected chi connectivity index (χ4v) is 3.21. The molecule has 0 bridgehead atoms. The standard InChI is InChI=1S/C21H27N3O2/c1-17-4-3-5-19(14-17)15-22-21(25)24-12-10-23(11-13-24)16-18-6-8-20(26-2)9-7-18/h3-9,14H,10-13,15-16H2,1-2H3,(H,22,25). The average molecular weight is 353 g/mol. The van der Waals surface area contributed by atoms with Gasteiger partial charge in [0.2, 0.25) is 0 Å². The second kappa shape index (κ2) is 8.72. The van der Waals surface area contributed by atoms with Crippen molar-refractivity contribution in [2.45, 2.75) is 20.0 Å². The highest BCUT2D eigenvalue weighted by atomic mass is 16.5. The number of aryl methyl sites for hydroxylation is 1. The van der Waals surface area contributed by atoms with Crippen molar-refractivity contribution in [1.82, 2.24) is 15.1 Å². The number of methoxy groups -OCH3 is 1. The van der Waals surface area contributed by atoms with Gasteiger partial charge in [0, 0.05) is 39.3 Å². The fraction of sp³-hybridized carbons (Fsp3) is 0.381. The van der Waals surface area contributed by atoms with E-state index >= 15 is 0 Å². The summed E-state index contributed by atoms with van der Waals surface area (Å²) >= 11 is 0. The van der Waals surface area contributed by atoms with E-state index in [0.29, 0.717) is 6.54 Å². The van der Waals surface area contributed by atoms with Gasteiger partial charge < -0.3 is 15.0 Å². The molecule has 138 valence electrons. The number of piperazine rings is 1. The summed E-state index contributed by atoms with van der Waals surface area (Å²) < 4.78 is 5.20. The smallest absolute Gasteiger partial charge is 0.317 e. The number of ether oxygens (including phenoxy) is 1. The van der Waals surface area contributed by atoms with E-state index in [1.54, 1.807) is 7.11 Å². The summed E-state index contributed by atoms with van der Waals surface area (Å²) in [4.78, 5) is 16.7. The Bertz CT molecular complexity index is 722. The minimum atomic E-state index is 0.0237. The number of carbonyl (C=O) groups excluding carboxylic acids is 1. The van der Waals surface area contributed by atoms with Crippen molar-refractivity contribution in [2.24, 2.45) is 0 Å². The molecule has 5 nitrogen and oxygen atoms in total. The zero-order valence-corrected chi connectivity index (χ0v) is 15.6. The predicted octanol–water partition coefficient (Wildman–Crippen LogP) is 3.03. The number of nitrogens with zero attached hydrogens (tertiary/aromatic N) is 2. The summed E-state index contributed by atoms with van der Waals surface area (Å²) in [6, 6.07) is 16.4. The minimum absolute atomic E-state index is 0.0237. The van der Waals surface area contributed by atoms with Gasteiger partial charge in [0.05, 0.1) is 7.11 Å². The van der Waals surface area contributed by atoms with E-state index in [4.69, 9.17) is 4.74 Å². The van der Waals surface area contributed by atoms with E-state index in [-0.39, 0.29) is 6.03 Å². The van der Waals surface area contributed by atoms with Gasteiger partial charge in [-0.25, -0.2) is 4.79 Å². The van der Waals surface area contributed by atoms with E-state index in [1.165, 1.54) is 11.1 Å². The maximum atomic E-state index is 12.4. The van der Waals surface area contributed by atoms with Crippen LogP contribution in [0, 0.1) is 6.92 Å². The number of amides is 2. The summed E-state index contributed by atoms with van der Waals surface area (Å²) in [5.41, 5.74) is 3.61. The number of rotatable bonds is 5. The SMILES string of the molecule is COc1ccc(CN2CCN(C(=O)NCc3cccc(C)c3)CC2)cc1. The van der Waals surface area contributed by atoms with E-state index < -0.39 is 0 Å². The summed E-state index contributed by atoms with van der Waals surface area (Å²) in [6.07, 6.45) is 0. The Labute approximate surface area is 155 Å². The van der Waals surface area contributed by atoms with Gasteiger partial charge >= 0.3 is 6.03 Å². The first-order valence-corrected chi connectivity index (χ1v) is 9.07. The molecule has 1 saturated heterocycles. The maximum absolute atomic E-state index is 12.4. The topological polar surface area (TPSA) is 44.8 Å². The monoisotopic (exact) mass is 353 g/mol. The molecule has 1 aliphatic rings. The number of carbonyl (C=O) groups is 1. The molecule has 3 rings (SSSR count). The molecule has 0 aromatic heterocycles. The van der Waals surface area contributed by atoms with Gasteiger partial charge in [-0.1, -0.05) is 42.0 Å². The first kappa shape index (κ1) is 18.3. The molecule has 5 heteroatoms. The quantitative estimate of drug-likeness (QED) is 0.899. The van der Waals surface area contributed by atoms with Gasteiger partial charge in [0.15, 0.2) is 0 Å². The van der Waals surface area contributed by atoms with Gasteiger partial charge in [-0.15, -0.1) is 0 Å². The van der Waals surface area contributed by atoms with Crippen molar-refractivity contribution in [1.29, 1.82) is 0 Å². The van der Waals surface area contributed by atoms with Crippen LogP contribution in [0.3, 0.4) is 0 Å². The third kappa shape index (κ3) is 4.99. The van der Waals surface area contributed by atoms with Crippen molar-refractivity contribution in [3.05, 3.63) is 65.2 Å². The second-order valence-electron chi connectivity index (χ2n) is 6.76. The highest BCUT2D eigenvalue weighted by Crippen LogP contribution is 2.14. The first-order valence-electron chi connectivity index (χ1n) is 9.07. The molecule has 1 N–H and O–H groups in total. The van der Waals surface area contributed by atoms with Crippen LogP contribution in [0.4, 0.5) is 4.79 Å². The van der Waals surface area contributed by atoms with Gasteiger partial charge in [-0.05, 0) is 30.2 Å². The lowest BCUT2D eigenvalue weighted by Gasteiger charge is -2.34. The van der Waals surface area contributed by atoms with Crippen LogP contribution in [0.2, 0.25) is 0 Å². The summed E-state index contributed by atoms with van der Waals surface area (Å²) in [5.74, 6) is 0.879. The molecule has 1 fully saturated rings. The van der Waals surface area contributed by atoms with Crippen LogP contribution in [-0.2, 0) is 13.1 Å². The minimum Gasteiger partial charge on any atom is -0.497 e. The number of hydrogen-bond donors (Lipinski definition) is 1. The lowest BCUT2D eigenvalue weighted by atomic mass is 10.1. The summed E-state index contributed by atoms with van der Waals surface area (Å²) in [6.45, 7) is 6.85. The molecular formula is C21H27N3O2. The van der Waals surface area contributed by atoms with Gasteiger partial charge in [-0.3, -0.25) is 4.90 Å². The third-order valence-electron chi connectivity index (χ3n) is 4.75. The Balaban J connectivity index is 1.43. The lowest BCUT2D eigenvalue weighted by Crippen LogP contribution is -2.51. The van der Waals surface area contributed by atoms with Crippen LogP contribution in [0.1, 0.15) is 16.7 Å². The molecular weight excluding hydrogens is 326 g/mol. The third-order valence-corrected chi connectivity index (χ3v) is 4.75. The van der Waals surface area contributed by atoms with E-state index in [2.05, 4.69) is 41.4 Å². The maximum Gasteiger partial charge on any atom is 0.317 e. The molecule has 0 radical (unpaired) electrons. The molecule has 0 saturated carbocycles. The van der Waals surface area contributed by atoms with E-state index in [0.717, 1.165) is 44.0 Å². The van der Waals surface area contributed by atoms with Crippen molar-refractivity contribution in [2.75, 3.05) is 33.3 Å². The van der Waals surface area contributed by atoms with Crippen molar-refractivity contribution >= 4 is 6.03 Å². The molecule has 0 atom stereocenters. The van der Waals surface area contributed by atoms with Crippen LogP contribution in [-0.4, -0.2) is 49.1 Å². The fourth-order valence-electron chi connectivity index (χ4n) is 3.21. The average Bonchev–Trinajstić information content (AvgIpc) is 2.67. The Kier molecular flexibility index (Phi) is 6.12. The highest BCUT2D eigenvalue weighted by Gasteiger charge is 2.20. The molecule has 2 amide bonds. The van der Waals surface area contributed by atoms with Crippen molar-refractivity contribution < 1.29 is 9.53 Å². The molecule has 2 aromatic rings. The molecule has 1 aliphatic heterocycles. The van der Waals surface area contributed by atoms with Crippen LogP contribution in [0.5, 0.6) is 5.75 Å². The Morgan fingerprint density at radius 3 is 2.42 bits per heavy atom. The zero-order chi connectivity index (χ0) is 18.4. The van der Waals surface area contributed by atoms with Gasteiger partial charge in [0.25, 0.3) is 0 Å². The van der Waals surface area contributed by atoms with Gasteiger partial charge in [-0.2, -0.15) is 0 Å². The lowest BCUT2D eigenvalue weighted by molar-refractivity contribution is 0.135. The largest absolute Gasteiger partial charge is 0.497 e. The molecule has 26 heavy (non-hydrogen) atoms. The normalized spacial score (nSPS) is 14.9. The number of urea groups is 1. The number of nitrogens with one attached hydrogen (secondary N) is 1. The Morgan fingerprint density at radius 1 is 1.04 bits per heavy atom. The molecule has 0 unspecified atom stereocenters. The van der Waals surface area contributed by atoms with Crippen molar-refractivity contribution in [3.63, 3.8) is 0 Å². The predicted molar refractivity (Wildman–Crippen MR) is 103 cm³/mol. The highest BCUT2D eigenvalue weighted by molar-refractivity contribution is 5.74. The van der Waals surface area contributed by atoms with E-state index in [9.17, 15) is 4.79 Å². The second-order valence-corrected chi connectivity index (χ2v) is 6.76. The van der Waals surface area contributed by atoms with Crippen molar-refractivity contribution in [3.8, 4) is 5.75 Å². The Morgan fingerprint density at radius 2 is 1.77 bits per heavy atom. The summed E-state index contributed by atoms with van der Waals surface area (Å²) in [5, 5.41) is 3.03. The zero-order valence-electron chi connectivity index (χ0n) is 15.6. The van der Waals surface area contributed by atoms with Gasteiger partial charge in [0.1, 0.15) is 5.75 Å². The van der Waals surface area contributed by atoms with Crippen LogP contribution >= 0.6 is 0 Å². The van der Waals surface area contributed by atoms with Crippen LogP contribution in [0.15, 0.2) is 48.5 Å². The number of hydrogen-bond acceptors (Lipinski definition) is 3. The molecule has 0 spiro atoms. The molecule has 1 heterocycles. The van der Waals surface area contributed by atoms with Crippen LogP contribution < -0.4 is 10.1 Å². The van der Waals surface area contributed by atoms with Crippen LogP contribution in [0.25, 0.3) is 0 Å². The molecule has 2 aromatic carbocycles. The first-order chi connectivity index (χ1) is 12.6. The Hall–Kier alpha value is -2.53. The van der Waals surface area contributed by atoms with E-state index in [1.807, 2.05) is 29.2 Å². The number of benzene rings is 2. The summed E-state index contributed by atoms with van der Waals surface area (Å²) in [7, 11) is 1.68. The molecule has 0 aliphatic carbocycles.